The Kier molecular flexibility index (Phi) is 5.12. The van der Waals surface area contributed by atoms with Gasteiger partial charge < -0.3 is 15.8 Å². The fourth-order valence-corrected chi connectivity index (χ4v) is 3.72. The van der Waals surface area contributed by atoms with Gasteiger partial charge in [0.25, 0.3) is 0 Å². The smallest absolute Gasteiger partial charge is 0.248 e. The van der Waals surface area contributed by atoms with Gasteiger partial charge in [0.05, 0.1) is 5.57 Å². The van der Waals surface area contributed by atoms with Crippen molar-refractivity contribution in [2.75, 3.05) is 5.32 Å². The molecule has 1 atom stereocenters. The number of tetrazole rings is 1. The van der Waals surface area contributed by atoms with E-state index < -0.39 is 11.9 Å². The number of primary amides is 1. The zero-order chi connectivity index (χ0) is 20.5. The third-order valence-corrected chi connectivity index (χ3v) is 5.33. The first-order chi connectivity index (χ1) is 14.0. The number of amides is 1. The molecule has 0 aliphatic carbocycles. The molecule has 2 aromatic carbocycles. The van der Waals surface area contributed by atoms with Gasteiger partial charge in [-0.2, -0.15) is 4.68 Å². The Balaban J connectivity index is 1.60. The van der Waals surface area contributed by atoms with Gasteiger partial charge in [-0.1, -0.05) is 46.5 Å². The van der Waals surface area contributed by atoms with Crippen LogP contribution < -0.4 is 15.8 Å². The number of hydrogen-bond donors (Lipinski definition) is 2. The van der Waals surface area contributed by atoms with Gasteiger partial charge in [-0.15, -0.1) is 0 Å². The summed E-state index contributed by atoms with van der Waals surface area (Å²) in [7, 11) is 0. The number of carbonyl (C=O) groups is 1. The third-order valence-electron chi connectivity index (χ3n) is 4.62. The number of aromatic nitrogens is 4. The van der Waals surface area contributed by atoms with E-state index in [1.165, 1.54) is 4.68 Å². The summed E-state index contributed by atoms with van der Waals surface area (Å²) in [6, 6.07) is 12.0. The maximum Gasteiger partial charge on any atom is 0.248 e. The number of fused-ring (bicyclic) bond motifs is 1. The van der Waals surface area contributed by atoms with Crippen molar-refractivity contribution in [2.24, 2.45) is 5.73 Å². The fourth-order valence-electron chi connectivity index (χ4n) is 3.21. The number of halogens is 2. The second kappa shape index (κ2) is 7.73. The molecular weight excluding hydrogens is 415 g/mol. The topological polar surface area (TPSA) is 108 Å². The molecule has 4 rings (SSSR count). The van der Waals surface area contributed by atoms with Gasteiger partial charge >= 0.3 is 0 Å². The van der Waals surface area contributed by atoms with Crippen molar-refractivity contribution < 1.29 is 9.53 Å². The molecule has 0 unspecified atom stereocenters. The number of rotatable bonds is 5. The molecule has 0 saturated carbocycles. The molecule has 10 heteroatoms. The number of anilines is 1. The Hall–Kier alpha value is -3.10. The molecule has 0 radical (unpaired) electrons. The van der Waals surface area contributed by atoms with Crippen LogP contribution in [0, 0.1) is 0 Å². The highest BCUT2D eigenvalue weighted by Crippen LogP contribution is 2.34. The molecule has 0 fully saturated rings. The summed E-state index contributed by atoms with van der Waals surface area (Å²) in [6.45, 7) is 1.99. The molecule has 1 amide bonds. The van der Waals surface area contributed by atoms with E-state index in [0.717, 1.165) is 5.56 Å². The number of nitrogens with two attached hydrogens (primary N) is 1. The quantitative estimate of drug-likeness (QED) is 0.642. The van der Waals surface area contributed by atoms with E-state index in [9.17, 15) is 4.79 Å². The minimum Gasteiger partial charge on any atom is -0.489 e. The molecular formula is C19H16Cl2N6O2. The van der Waals surface area contributed by atoms with Gasteiger partial charge in [0, 0.05) is 21.3 Å². The first-order valence-corrected chi connectivity index (χ1v) is 9.42. The maximum atomic E-state index is 12.1. The predicted molar refractivity (Wildman–Crippen MR) is 109 cm³/mol. The molecule has 148 valence electrons. The normalized spacial score (nSPS) is 15.6. The molecule has 0 spiro atoms. The monoisotopic (exact) mass is 430 g/mol. The molecule has 3 aromatic rings. The van der Waals surface area contributed by atoms with Gasteiger partial charge in [0.2, 0.25) is 11.9 Å². The minimum atomic E-state index is -0.546. The highest BCUT2D eigenvalue weighted by atomic mass is 35.5. The molecule has 0 saturated heterocycles. The first kappa shape index (κ1) is 19.2. The van der Waals surface area contributed by atoms with Crippen molar-refractivity contribution in [3.63, 3.8) is 0 Å². The molecule has 29 heavy (non-hydrogen) atoms. The summed E-state index contributed by atoms with van der Waals surface area (Å²) in [6.07, 6.45) is 0. The van der Waals surface area contributed by atoms with Gasteiger partial charge in [-0.3, -0.25) is 4.79 Å². The number of nitrogens with one attached hydrogen (secondary N) is 1. The molecule has 0 bridgehead atoms. The van der Waals surface area contributed by atoms with Gasteiger partial charge in [-0.25, -0.2) is 0 Å². The van der Waals surface area contributed by atoms with E-state index in [0.29, 0.717) is 38.6 Å². The lowest BCUT2D eigenvalue weighted by Crippen LogP contribution is -2.31. The van der Waals surface area contributed by atoms with E-state index in [-0.39, 0.29) is 6.61 Å². The van der Waals surface area contributed by atoms with Crippen molar-refractivity contribution in [2.45, 2.75) is 19.6 Å². The summed E-state index contributed by atoms with van der Waals surface area (Å²) < 4.78 is 7.33. The second-order valence-electron chi connectivity index (χ2n) is 6.44. The van der Waals surface area contributed by atoms with Crippen LogP contribution in [-0.4, -0.2) is 26.1 Å². The predicted octanol–water partition coefficient (Wildman–Crippen LogP) is 3.33. The number of benzene rings is 2. The summed E-state index contributed by atoms with van der Waals surface area (Å²) >= 11 is 12.4. The molecule has 8 nitrogen and oxygen atoms in total. The van der Waals surface area contributed by atoms with E-state index in [4.69, 9.17) is 33.7 Å². The largest absolute Gasteiger partial charge is 0.489 e. The zero-order valence-electron chi connectivity index (χ0n) is 15.3. The number of allylic oxidation sites excluding steroid dienone is 1. The standard InChI is InChI=1S/C19H16Cl2N6O2/c1-10-16(18(22)28)17(27-19(23-10)24-25-26-27)11-5-7-12(8-6-11)29-9-13-14(20)3-2-4-15(13)21/h2-8,17H,9H2,1H3,(H2,22,28)(H,23,24,26)/t17-/m0/s1. The number of hydrogen-bond acceptors (Lipinski definition) is 6. The Morgan fingerprint density at radius 3 is 2.55 bits per heavy atom. The van der Waals surface area contributed by atoms with Crippen molar-refractivity contribution in [3.05, 3.63) is 74.9 Å². The van der Waals surface area contributed by atoms with Crippen molar-refractivity contribution >= 4 is 35.1 Å². The van der Waals surface area contributed by atoms with Crippen LogP contribution in [0.25, 0.3) is 0 Å². The van der Waals surface area contributed by atoms with Crippen LogP contribution in [0.1, 0.15) is 24.1 Å². The Morgan fingerprint density at radius 2 is 1.90 bits per heavy atom. The number of carbonyl (C=O) groups excluding carboxylic acids is 1. The van der Waals surface area contributed by atoms with Crippen LogP contribution in [0.5, 0.6) is 5.75 Å². The van der Waals surface area contributed by atoms with E-state index in [2.05, 4.69) is 20.8 Å². The average Bonchev–Trinajstić information content (AvgIpc) is 3.15. The van der Waals surface area contributed by atoms with Crippen LogP contribution >= 0.6 is 23.2 Å². The van der Waals surface area contributed by atoms with Crippen molar-refractivity contribution in [1.82, 2.24) is 20.2 Å². The summed E-state index contributed by atoms with van der Waals surface area (Å²) in [5.74, 6) is 0.512. The Bertz CT molecular complexity index is 1090. The molecule has 3 N–H and O–H groups in total. The SMILES string of the molecule is CC1=C(C(N)=O)[C@H](c2ccc(OCc3c(Cl)cccc3Cl)cc2)n2nnnc2N1. The molecule has 1 aliphatic rings. The fraction of sp³-hybridized carbons (Fsp3) is 0.158. The van der Waals surface area contributed by atoms with Crippen LogP contribution in [-0.2, 0) is 11.4 Å². The first-order valence-electron chi connectivity index (χ1n) is 8.67. The Labute approximate surface area is 176 Å². The van der Waals surface area contributed by atoms with E-state index >= 15 is 0 Å². The van der Waals surface area contributed by atoms with Crippen LogP contribution in [0.2, 0.25) is 10.0 Å². The van der Waals surface area contributed by atoms with Crippen LogP contribution in [0.15, 0.2) is 53.7 Å². The summed E-state index contributed by atoms with van der Waals surface area (Å²) in [5, 5.41) is 15.7. The minimum absolute atomic E-state index is 0.230. The summed E-state index contributed by atoms with van der Waals surface area (Å²) in [4.78, 5) is 12.1. The molecule has 1 aliphatic heterocycles. The van der Waals surface area contributed by atoms with E-state index in [1.54, 1.807) is 37.3 Å². The number of nitrogens with zero attached hydrogens (tertiary/aromatic N) is 4. The lowest BCUT2D eigenvalue weighted by molar-refractivity contribution is -0.115. The third kappa shape index (κ3) is 3.64. The maximum absolute atomic E-state index is 12.1. The van der Waals surface area contributed by atoms with Gasteiger partial charge in [0.15, 0.2) is 0 Å². The highest BCUT2D eigenvalue weighted by molar-refractivity contribution is 6.35. The number of ether oxygens (including phenoxy) is 1. The lowest BCUT2D eigenvalue weighted by atomic mass is 9.95. The average molecular weight is 431 g/mol. The zero-order valence-corrected chi connectivity index (χ0v) is 16.8. The second-order valence-corrected chi connectivity index (χ2v) is 7.25. The van der Waals surface area contributed by atoms with Crippen LogP contribution in [0.3, 0.4) is 0 Å². The molecule has 1 aromatic heterocycles. The molecule has 2 heterocycles. The Morgan fingerprint density at radius 1 is 1.21 bits per heavy atom. The van der Waals surface area contributed by atoms with Gasteiger partial charge in [-0.05, 0) is 47.2 Å². The van der Waals surface area contributed by atoms with Crippen molar-refractivity contribution in [1.29, 1.82) is 0 Å². The van der Waals surface area contributed by atoms with Crippen molar-refractivity contribution in [3.8, 4) is 5.75 Å². The lowest BCUT2D eigenvalue weighted by Gasteiger charge is -2.26. The van der Waals surface area contributed by atoms with E-state index in [1.807, 2.05) is 12.1 Å². The van der Waals surface area contributed by atoms with Crippen LogP contribution in [0.4, 0.5) is 5.95 Å². The highest BCUT2D eigenvalue weighted by Gasteiger charge is 2.32. The van der Waals surface area contributed by atoms with Gasteiger partial charge in [0.1, 0.15) is 18.4 Å². The summed E-state index contributed by atoms with van der Waals surface area (Å²) in [5.41, 5.74) is 8.12.